The molecule has 1 fully saturated rings. The van der Waals surface area contributed by atoms with Gasteiger partial charge in [0, 0.05) is 11.5 Å². The van der Waals surface area contributed by atoms with Crippen molar-refractivity contribution in [2.75, 3.05) is 0 Å². The SMILES string of the molecule is CCC1CCC(c2noc(-c3cccc(C(=O)O)c3)n2)C1. The van der Waals surface area contributed by atoms with Crippen LogP contribution in [0.2, 0.25) is 0 Å². The molecule has 2 unspecified atom stereocenters. The number of benzene rings is 1. The number of hydrogen-bond donors (Lipinski definition) is 1. The van der Waals surface area contributed by atoms with Crippen molar-refractivity contribution in [3.05, 3.63) is 35.7 Å². The number of aromatic nitrogens is 2. The Kier molecular flexibility index (Phi) is 3.73. The minimum absolute atomic E-state index is 0.221. The lowest BCUT2D eigenvalue weighted by Gasteiger charge is -2.04. The molecule has 0 saturated heterocycles. The molecule has 1 aliphatic carbocycles. The predicted octanol–water partition coefficient (Wildman–Crippen LogP) is 3.73. The Morgan fingerprint density at radius 2 is 2.29 bits per heavy atom. The Labute approximate surface area is 123 Å². The first kappa shape index (κ1) is 13.8. The lowest BCUT2D eigenvalue weighted by molar-refractivity contribution is 0.0697. The second-order valence-corrected chi connectivity index (χ2v) is 5.63. The van der Waals surface area contributed by atoms with Gasteiger partial charge in [0.1, 0.15) is 0 Å². The molecule has 3 rings (SSSR count). The fourth-order valence-electron chi connectivity index (χ4n) is 2.98. The molecule has 1 aromatic carbocycles. The standard InChI is InChI=1S/C16H18N2O3/c1-2-10-6-7-11(8-10)14-17-15(21-18-14)12-4-3-5-13(9-12)16(19)20/h3-5,9-11H,2,6-8H2,1H3,(H,19,20). The maximum Gasteiger partial charge on any atom is 0.335 e. The molecule has 5 nitrogen and oxygen atoms in total. The van der Waals surface area contributed by atoms with Crippen LogP contribution in [0.3, 0.4) is 0 Å². The van der Waals surface area contributed by atoms with Crippen molar-refractivity contribution in [1.29, 1.82) is 0 Å². The molecule has 1 N–H and O–H groups in total. The van der Waals surface area contributed by atoms with E-state index in [0.717, 1.165) is 24.6 Å². The molecule has 1 heterocycles. The van der Waals surface area contributed by atoms with Crippen LogP contribution in [0.4, 0.5) is 0 Å². The van der Waals surface area contributed by atoms with Gasteiger partial charge in [-0.05, 0) is 43.4 Å². The van der Waals surface area contributed by atoms with Crippen LogP contribution in [0.5, 0.6) is 0 Å². The molecule has 0 aliphatic heterocycles. The maximum absolute atomic E-state index is 11.0. The molecule has 0 radical (unpaired) electrons. The Hall–Kier alpha value is -2.17. The molecule has 0 amide bonds. The van der Waals surface area contributed by atoms with Gasteiger partial charge in [0.2, 0.25) is 0 Å². The summed E-state index contributed by atoms with van der Waals surface area (Å²) in [4.78, 5) is 15.5. The molecular formula is C16H18N2O3. The van der Waals surface area contributed by atoms with Gasteiger partial charge < -0.3 is 9.63 Å². The van der Waals surface area contributed by atoms with Crippen molar-refractivity contribution in [3.63, 3.8) is 0 Å². The van der Waals surface area contributed by atoms with E-state index in [4.69, 9.17) is 9.63 Å². The molecule has 0 spiro atoms. The van der Waals surface area contributed by atoms with E-state index in [1.807, 2.05) is 0 Å². The first-order chi connectivity index (χ1) is 10.2. The number of nitrogens with zero attached hydrogens (tertiary/aromatic N) is 2. The number of carboxylic acids is 1. The summed E-state index contributed by atoms with van der Waals surface area (Å²) in [5, 5.41) is 13.1. The summed E-state index contributed by atoms with van der Waals surface area (Å²) in [5.41, 5.74) is 0.873. The highest BCUT2D eigenvalue weighted by Gasteiger charge is 2.28. The molecule has 2 atom stereocenters. The summed E-state index contributed by atoms with van der Waals surface area (Å²) < 4.78 is 5.31. The zero-order chi connectivity index (χ0) is 14.8. The van der Waals surface area contributed by atoms with Crippen LogP contribution in [0, 0.1) is 5.92 Å². The third-order valence-electron chi connectivity index (χ3n) is 4.28. The molecular weight excluding hydrogens is 268 g/mol. The average Bonchev–Trinajstić information content (AvgIpc) is 3.16. The largest absolute Gasteiger partial charge is 0.478 e. The summed E-state index contributed by atoms with van der Waals surface area (Å²) in [6.45, 7) is 2.21. The van der Waals surface area contributed by atoms with Crippen LogP contribution >= 0.6 is 0 Å². The van der Waals surface area contributed by atoms with Gasteiger partial charge in [0.25, 0.3) is 5.89 Å². The van der Waals surface area contributed by atoms with Gasteiger partial charge in [-0.25, -0.2) is 4.79 Å². The van der Waals surface area contributed by atoms with E-state index in [0.29, 0.717) is 17.4 Å². The summed E-state index contributed by atoms with van der Waals surface area (Å²) >= 11 is 0. The van der Waals surface area contributed by atoms with Crippen LogP contribution in [0.15, 0.2) is 28.8 Å². The van der Waals surface area contributed by atoms with Crippen molar-refractivity contribution in [1.82, 2.24) is 10.1 Å². The van der Waals surface area contributed by atoms with Gasteiger partial charge >= 0.3 is 5.97 Å². The Morgan fingerprint density at radius 1 is 1.43 bits per heavy atom. The molecule has 1 saturated carbocycles. The number of hydrogen-bond acceptors (Lipinski definition) is 4. The number of carboxylic acid groups (broad SMARTS) is 1. The van der Waals surface area contributed by atoms with Crippen LogP contribution < -0.4 is 0 Å². The lowest BCUT2D eigenvalue weighted by atomic mass is 10.0. The van der Waals surface area contributed by atoms with Gasteiger partial charge in [-0.1, -0.05) is 24.6 Å². The third-order valence-corrected chi connectivity index (χ3v) is 4.28. The van der Waals surface area contributed by atoms with Crippen molar-refractivity contribution >= 4 is 5.97 Å². The monoisotopic (exact) mass is 286 g/mol. The fraction of sp³-hybridized carbons (Fsp3) is 0.438. The number of carbonyl (C=O) groups is 1. The van der Waals surface area contributed by atoms with Crippen LogP contribution in [-0.4, -0.2) is 21.2 Å². The topological polar surface area (TPSA) is 76.2 Å². The van der Waals surface area contributed by atoms with Crippen molar-refractivity contribution in [2.45, 2.75) is 38.5 Å². The average molecular weight is 286 g/mol. The number of aromatic carboxylic acids is 1. The smallest absolute Gasteiger partial charge is 0.335 e. The van der Waals surface area contributed by atoms with Gasteiger partial charge in [0.05, 0.1) is 5.56 Å². The van der Waals surface area contributed by atoms with E-state index in [-0.39, 0.29) is 5.56 Å². The van der Waals surface area contributed by atoms with Crippen molar-refractivity contribution < 1.29 is 14.4 Å². The normalized spacial score (nSPS) is 21.6. The Bertz CT molecular complexity index is 650. The van der Waals surface area contributed by atoms with Crippen molar-refractivity contribution in [3.8, 4) is 11.5 Å². The Balaban J connectivity index is 1.82. The van der Waals surface area contributed by atoms with Crippen LogP contribution in [0.1, 0.15) is 54.7 Å². The van der Waals surface area contributed by atoms with E-state index in [9.17, 15) is 4.79 Å². The summed E-state index contributed by atoms with van der Waals surface area (Å²) in [5.74, 6) is 1.32. The minimum atomic E-state index is -0.960. The molecule has 0 bridgehead atoms. The summed E-state index contributed by atoms with van der Waals surface area (Å²) in [6, 6.07) is 6.58. The van der Waals surface area contributed by atoms with Gasteiger partial charge in [-0.15, -0.1) is 0 Å². The predicted molar refractivity (Wildman–Crippen MR) is 77.1 cm³/mol. The van der Waals surface area contributed by atoms with E-state index >= 15 is 0 Å². The van der Waals surface area contributed by atoms with Crippen LogP contribution in [0.25, 0.3) is 11.5 Å². The molecule has 5 heteroatoms. The lowest BCUT2D eigenvalue weighted by Crippen LogP contribution is -1.97. The van der Waals surface area contributed by atoms with E-state index < -0.39 is 5.97 Å². The number of rotatable bonds is 4. The molecule has 110 valence electrons. The quantitative estimate of drug-likeness (QED) is 0.926. The zero-order valence-corrected chi connectivity index (χ0v) is 12.0. The molecule has 1 aliphatic rings. The van der Waals surface area contributed by atoms with Gasteiger partial charge in [-0.2, -0.15) is 4.98 Å². The first-order valence-electron chi connectivity index (χ1n) is 7.34. The Morgan fingerprint density at radius 3 is 3.00 bits per heavy atom. The highest BCUT2D eigenvalue weighted by Crippen LogP contribution is 2.38. The second kappa shape index (κ2) is 5.68. The van der Waals surface area contributed by atoms with E-state index in [1.54, 1.807) is 24.3 Å². The van der Waals surface area contributed by atoms with Crippen LogP contribution in [-0.2, 0) is 0 Å². The van der Waals surface area contributed by atoms with Crippen molar-refractivity contribution in [2.24, 2.45) is 5.92 Å². The first-order valence-corrected chi connectivity index (χ1v) is 7.34. The zero-order valence-electron chi connectivity index (χ0n) is 12.0. The van der Waals surface area contributed by atoms with Gasteiger partial charge in [-0.3, -0.25) is 0 Å². The third kappa shape index (κ3) is 2.82. The van der Waals surface area contributed by atoms with E-state index in [1.165, 1.54) is 12.8 Å². The molecule has 21 heavy (non-hydrogen) atoms. The second-order valence-electron chi connectivity index (χ2n) is 5.63. The highest BCUT2D eigenvalue weighted by atomic mass is 16.5. The van der Waals surface area contributed by atoms with Gasteiger partial charge in [0.15, 0.2) is 5.82 Å². The van der Waals surface area contributed by atoms with E-state index in [2.05, 4.69) is 17.1 Å². The fourth-order valence-corrected chi connectivity index (χ4v) is 2.98. The molecule has 2 aromatic rings. The maximum atomic E-state index is 11.0. The highest BCUT2D eigenvalue weighted by molar-refractivity contribution is 5.88. The summed E-state index contributed by atoms with van der Waals surface area (Å²) in [6.07, 6.45) is 4.64. The summed E-state index contributed by atoms with van der Waals surface area (Å²) in [7, 11) is 0. The minimum Gasteiger partial charge on any atom is -0.478 e. The molecule has 1 aromatic heterocycles.